The maximum Gasteiger partial charge on any atom is 0.102 e. The predicted molar refractivity (Wildman–Crippen MR) is 62.0 cm³/mol. The number of nitrogens with two attached hydrogens (primary N) is 1. The average molecular weight is 198 g/mol. The Morgan fingerprint density at radius 1 is 1.27 bits per heavy atom. The Morgan fingerprint density at radius 2 is 2.13 bits per heavy atom. The molecule has 0 radical (unpaired) electrons. The highest BCUT2D eigenvalue weighted by atomic mass is 14.6. The van der Waals surface area contributed by atoms with Crippen molar-refractivity contribution in [3.63, 3.8) is 0 Å². The van der Waals surface area contributed by atoms with Crippen molar-refractivity contribution in [2.24, 2.45) is 0 Å². The maximum atomic E-state index is 9.07. The maximum absolute atomic E-state index is 9.07. The van der Waals surface area contributed by atoms with Gasteiger partial charge in [0.15, 0.2) is 0 Å². The smallest absolute Gasteiger partial charge is 0.102 e. The third kappa shape index (κ3) is 1.87. The zero-order valence-corrected chi connectivity index (χ0v) is 8.66. The van der Waals surface area contributed by atoms with Gasteiger partial charge < -0.3 is 5.73 Å². The first-order valence-electron chi connectivity index (χ1n) is 5.31. The molecule has 0 saturated carbocycles. The molecule has 1 aliphatic carbocycles. The second kappa shape index (κ2) is 4.18. The van der Waals surface area contributed by atoms with Crippen LogP contribution in [0.15, 0.2) is 24.3 Å². The summed E-state index contributed by atoms with van der Waals surface area (Å²) in [6.07, 6.45) is 6.89. The zero-order chi connectivity index (χ0) is 10.7. The van der Waals surface area contributed by atoms with Gasteiger partial charge in [-0.15, -0.1) is 0 Å². The molecule has 0 unspecified atom stereocenters. The Kier molecular flexibility index (Phi) is 2.73. The molecule has 0 saturated heterocycles. The monoisotopic (exact) mass is 198 g/mol. The van der Waals surface area contributed by atoms with Crippen LogP contribution < -0.4 is 5.73 Å². The summed E-state index contributed by atoms with van der Waals surface area (Å²) in [6.45, 7) is 0. The Hall–Kier alpha value is -1.75. The number of allylic oxidation sites excluding steroid dienone is 2. The molecule has 0 amide bonds. The van der Waals surface area contributed by atoms with Crippen LogP contribution in [0.4, 0.5) is 5.69 Å². The number of hydrogen-bond acceptors (Lipinski definition) is 2. The molecule has 15 heavy (non-hydrogen) atoms. The number of nitrogen functional groups attached to an aromatic ring is 1. The first kappa shape index (κ1) is 9.79. The number of anilines is 1. The molecule has 2 heteroatoms. The van der Waals surface area contributed by atoms with Gasteiger partial charge in [-0.1, -0.05) is 18.2 Å². The van der Waals surface area contributed by atoms with E-state index in [1.54, 1.807) is 6.07 Å². The van der Waals surface area contributed by atoms with Crippen LogP contribution in [0.1, 0.15) is 36.8 Å². The summed E-state index contributed by atoms with van der Waals surface area (Å²) in [5.74, 6) is 0. The third-order valence-electron chi connectivity index (χ3n) is 2.85. The predicted octanol–water partition coefficient (Wildman–Crippen LogP) is 3.10. The number of rotatable bonds is 1. The summed E-state index contributed by atoms with van der Waals surface area (Å²) < 4.78 is 0. The molecule has 0 aromatic heterocycles. The van der Waals surface area contributed by atoms with Crippen molar-refractivity contribution >= 4 is 11.3 Å². The second-order valence-corrected chi connectivity index (χ2v) is 3.86. The van der Waals surface area contributed by atoms with Crippen LogP contribution in [0.3, 0.4) is 0 Å². The van der Waals surface area contributed by atoms with Crippen molar-refractivity contribution < 1.29 is 0 Å². The van der Waals surface area contributed by atoms with Crippen molar-refractivity contribution in [1.29, 1.82) is 5.26 Å². The highest BCUT2D eigenvalue weighted by Crippen LogP contribution is 2.30. The average Bonchev–Trinajstić information content (AvgIpc) is 2.30. The lowest BCUT2D eigenvalue weighted by molar-refractivity contribution is 0.742. The van der Waals surface area contributed by atoms with Crippen LogP contribution in [-0.2, 0) is 0 Å². The van der Waals surface area contributed by atoms with Crippen molar-refractivity contribution in [2.75, 3.05) is 5.73 Å². The van der Waals surface area contributed by atoms with Crippen molar-refractivity contribution in [3.8, 4) is 6.07 Å². The number of benzene rings is 1. The molecule has 2 nitrogen and oxygen atoms in total. The Labute approximate surface area is 90.0 Å². The first-order valence-corrected chi connectivity index (χ1v) is 5.31. The highest BCUT2D eigenvalue weighted by molar-refractivity contribution is 5.76. The lowest BCUT2D eigenvalue weighted by atomic mass is 9.90. The molecule has 0 atom stereocenters. The van der Waals surface area contributed by atoms with E-state index in [4.69, 9.17) is 11.0 Å². The summed E-state index contributed by atoms with van der Waals surface area (Å²) in [5, 5.41) is 9.07. The Balaban J connectivity index is 2.48. The third-order valence-corrected chi connectivity index (χ3v) is 2.85. The van der Waals surface area contributed by atoms with E-state index in [0.29, 0.717) is 11.3 Å². The number of nitrogens with zero attached hydrogens (tertiary/aromatic N) is 1. The van der Waals surface area contributed by atoms with Gasteiger partial charge in [0.05, 0.1) is 11.3 Å². The summed E-state index contributed by atoms with van der Waals surface area (Å²) in [5.41, 5.74) is 9.31. The summed E-state index contributed by atoms with van der Waals surface area (Å²) in [6, 6.07) is 7.89. The van der Waals surface area contributed by atoms with Crippen LogP contribution in [0.5, 0.6) is 0 Å². The highest BCUT2D eigenvalue weighted by Gasteiger charge is 2.11. The van der Waals surface area contributed by atoms with Gasteiger partial charge in [-0.05, 0) is 42.9 Å². The van der Waals surface area contributed by atoms with E-state index in [-0.39, 0.29) is 0 Å². The van der Waals surface area contributed by atoms with Gasteiger partial charge in [0.2, 0.25) is 0 Å². The van der Waals surface area contributed by atoms with E-state index in [1.165, 1.54) is 18.4 Å². The van der Waals surface area contributed by atoms with Gasteiger partial charge >= 0.3 is 0 Å². The van der Waals surface area contributed by atoms with Crippen LogP contribution in [-0.4, -0.2) is 0 Å². The van der Waals surface area contributed by atoms with E-state index in [0.717, 1.165) is 18.4 Å². The fourth-order valence-corrected chi connectivity index (χ4v) is 2.05. The fourth-order valence-electron chi connectivity index (χ4n) is 2.05. The second-order valence-electron chi connectivity index (χ2n) is 3.86. The van der Waals surface area contributed by atoms with E-state index >= 15 is 0 Å². The molecule has 0 spiro atoms. The Morgan fingerprint density at radius 3 is 2.80 bits per heavy atom. The van der Waals surface area contributed by atoms with E-state index in [1.807, 2.05) is 12.1 Å². The summed E-state index contributed by atoms with van der Waals surface area (Å²) >= 11 is 0. The molecular formula is C13H14N2. The SMILES string of the molecule is N#Cc1c(N)cccc1C1=CCCCC1. The minimum absolute atomic E-state index is 0.585. The normalized spacial score (nSPS) is 15.5. The number of nitriles is 1. The van der Waals surface area contributed by atoms with Gasteiger partial charge in [0.1, 0.15) is 6.07 Å². The van der Waals surface area contributed by atoms with E-state index in [9.17, 15) is 0 Å². The molecule has 0 fully saturated rings. The van der Waals surface area contributed by atoms with Crippen molar-refractivity contribution in [3.05, 3.63) is 35.4 Å². The minimum atomic E-state index is 0.585. The largest absolute Gasteiger partial charge is 0.398 e. The van der Waals surface area contributed by atoms with Crippen LogP contribution in [0.25, 0.3) is 5.57 Å². The topological polar surface area (TPSA) is 49.8 Å². The van der Waals surface area contributed by atoms with E-state index in [2.05, 4.69) is 12.1 Å². The lowest BCUT2D eigenvalue weighted by Crippen LogP contribution is -1.98. The number of hydrogen-bond donors (Lipinski definition) is 1. The van der Waals surface area contributed by atoms with Crippen LogP contribution in [0.2, 0.25) is 0 Å². The zero-order valence-electron chi connectivity index (χ0n) is 8.66. The molecule has 1 aromatic carbocycles. The molecule has 0 heterocycles. The van der Waals surface area contributed by atoms with Crippen LogP contribution >= 0.6 is 0 Å². The first-order chi connectivity index (χ1) is 7.33. The van der Waals surface area contributed by atoms with Crippen LogP contribution in [0, 0.1) is 11.3 Å². The van der Waals surface area contributed by atoms with Gasteiger partial charge in [-0.2, -0.15) is 5.26 Å². The Bertz CT molecular complexity index is 438. The molecule has 76 valence electrons. The van der Waals surface area contributed by atoms with Gasteiger partial charge in [-0.3, -0.25) is 0 Å². The summed E-state index contributed by atoms with van der Waals surface area (Å²) in [7, 11) is 0. The molecule has 1 aromatic rings. The standard InChI is InChI=1S/C13H14N2/c14-9-12-11(7-4-8-13(12)15)10-5-2-1-3-6-10/h4-5,7-8H,1-3,6,15H2. The molecule has 2 rings (SSSR count). The van der Waals surface area contributed by atoms with Gasteiger partial charge in [-0.25, -0.2) is 0 Å². The minimum Gasteiger partial charge on any atom is -0.398 e. The molecule has 0 bridgehead atoms. The molecule has 0 aliphatic heterocycles. The van der Waals surface area contributed by atoms with E-state index < -0.39 is 0 Å². The lowest BCUT2D eigenvalue weighted by Gasteiger charge is -2.14. The van der Waals surface area contributed by atoms with Gasteiger partial charge in [0.25, 0.3) is 0 Å². The molecule has 2 N–H and O–H groups in total. The van der Waals surface area contributed by atoms with Gasteiger partial charge in [0, 0.05) is 0 Å². The van der Waals surface area contributed by atoms with Crippen molar-refractivity contribution in [1.82, 2.24) is 0 Å². The van der Waals surface area contributed by atoms with Crippen molar-refractivity contribution in [2.45, 2.75) is 25.7 Å². The summed E-state index contributed by atoms with van der Waals surface area (Å²) in [4.78, 5) is 0. The molecule has 1 aliphatic rings. The quantitative estimate of drug-likeness (QED) is 0.705. The molecular weight excluding hydrogens is 184 g/mol. The fraction of sp³-hybridized carbons (Fsp3) is 0.308.